The predicted octanol–water partition coefficient (Wildman–Crippen LogP) is 2.22. The minimum atomic E-state index is -1.60. The topological polar surface area (TPSA) is 114 Å². The molecule has 33 heavy (non-hydrogen) atoms. The average molecular weight is 500 g/mol. The lowest BCUT2D eigenvalue weighted by Gasteiger charge is -2.41. The van der Waals surface area contributed by atoms with Crippen molar-refractivity contribution in [3.05, 3.63) is 11.4 Å². The first-order valence-corrected chi connectivity index (χ1v) is 12.7. The number of hydrogen-bond acceptors (Lipinski definition) is 9. The Labute approximate surface area is 205 Å². The maximum atomic E-state index is 7.11. The molecule has 0 saturated carbocycles. The van der Waals surface area contributed by atoms with Crippen LogP contribution in [-0.4, -0.2) is 115 Å². The third-order valence-corrected chi connectivity index (χ3v) is 6.57. The number of aliphatic hydroxyl groups excluding tert-OH is 3. The van der Waals surface area contributed by atoms with E-state index >= 15 is 0 Å². The summed E-state index contributed by atoms with van der Waals surface area (Å²) < 4.78 is 53.2. The number of aliphatic hydroxyl groups is 3. The van der Waals surface area contributed by atoms with Gasteiger partial charge in [0.2, 0.25) is 10.8 Å². The highest BCUT2D eigenvalue weighted by molar-refractivity contribution is 7.44. The maximum Gasteiger partial charge on any atom is 0.260 e. The molecule has 1 atom stereocenters. The summed E-state index contributed by atoms with van der Waals surface area (Å²) in [4.78, 5) is 3.39. The van der Waals surface area contributed by atoms with Gasteiger partial charge in [-0.3, -0.25) is 0 Å². The van der Waals surface area contributed by atoms with Gasteiger partial charge in [0.05, 0.1) is 19.8 Å². The lowest BCUT2D eigenvalue weighted by Crippen LogP contribution is -2.48. The normalized spacial score (nSPS) is 14.4. The molecule has 10 nitrogen and oxygen atoms in total. The molecule has 0 aromatic rings. The van der Waals surface area contributed by atoms with E-state index in [1.165, 1.54) is 0 Å². The molecular formula is C22H45N2O8P. The first-order valence-electron chi connectivity index (χ1n) is 12.8. The van der Waals surface area contributed by atoms with Crippen molar-refractivity contribution in [2.45, 2.75) is 64.6 Å². The monoisotopic (exact) mass is 499 g/mol. The summed E-state index contributed by atoms with van der Waals surface area (Å²) in [6.07, 6.45) is 1.63. The first kappa shape index (κ1) is 27.2. The molecule has 0 aromatic carbocycles. The Hall–Kier alpha value is -0.440. The van der Waals surface area contributed by atoms with Gasteiger partial charge in [0.1, 0.15) is 12.2 Å². The second kappa shape index (κ2) is 20.9. The highest BCUT2D eigenvalue weighted by atomic mass is 31.2. The third-order valence-electron chi connectivity index (χ3n) is 4.32. The second-order valence-electron chi connectivity index (χ2n) is 8.13. The van der Waals surface area contributed by atoms with Crippen molar-refractivity contribution in [3.8, 4) is 0 Å². The van der Waals surface area contributed by atoms with Crippen molar-refractivity contribution in [3.63, 3.8) is 0 Å². The van der Waals surface area contributed by atoms with Gasteiger partial charge in [-0.05, 0) is 47.0 Å². The third kappa shape index (κ3) is 15.2. The van der Waals surface area contributed by atoms with E-state index in [4.69, 9.17) is 34.1 Å². The highest BCUT2D eigenvalue weighted by Crippen LogP contribution is 2.49. The average Bonchev–Trinajstić information content (AvgIpc) is 2.83. The Bertz CT molecular complexity index is 506. The molecule has 0 radical (unpaired) electrons. The minimum Gasteiger partial charge on any atom is -0.396 e. The molecule has 0 fully saturated rings. The van der Waals surface area contributed by atoms with Gasteiger partial charge in [-0.1, -0.05) is 0 Å². The zero-order valence-electron chi connectivity index (χ0n) is 23.7. The second-order valence-corrected chi connectivity index (χ2v) is 9.50. The SMILES string of the molecule is [2H]OCCCOCC(COCCCO[2H])(COCCCO[2H])OP(OCC[N+]#[C-])N(C(C)C)C(C)C. The number of ether oxygens (including phenoxy) is 3. The molecule has 0 rings (SSSR count). The van der Waals surface area contributed by atoms with E-state index in [2.05, 4.69) is 52.5 Å². The van der Waals surface area contributed by atoms with Crippen LogP contribution in [0, 0.1) is 6.57 Å². The Morgan fingerprint density at radius 2 is 1.30 bits per heavy atom. The standard InChI is InChI=1S/C22H45N2O8P/c1-20(2)24(21(3)4)33(31-16-9-23-5)32-22(17-28-13-6-10-25,18-29-14-7-11-26)19-30-15-8-12-27/h20-21,25-27H,6-19H2,1-4H3/i25D,26D,27D. The molecule has 11 heteroatoms. The minimum absolute atomic E-state index is 0.113. The van der Waals surface area contributed by atoms with Crippen molar-refractivity contribution in [1.82, 2.24) is 4.67 Å². The van der Waals surface area contributed by atoms with Gasteiger partial charge in [-0.15, -0.1) is 0 Å². The molecular weight excluding hydrogens is 451 g/mol. The summed E-state index contributed by atoms with van der Waals surface area (Å²) in [5.41, 5.74) is -1.03. The van der Waals surface area contributed by atoms with Gasteiger partial charge in [0.25, 0.3) is 8.53 Å². The van der Waals surface area contributed by atoms with Crippen LogP contribution in [0.4, 0.5) is 0 Å². The highest BCUT2D eigenvalue weighted by Gasteiger charge is 2.40. The van der Waals surface area contributed by atoms with Crippen molar-refractivity contribution < 1.29 is 38.6 Å². The van der Waals surface area contributed by atoms with E-state index in [0.717, 1.165) is 0 Å². The fourth-order valence-electron chi connectivity index (χ4n) is 2.91. The Balaban J connectivity index is 5.79. The number of hydrogen-bond donors (Lipinski definition) is 3. The zero-order valence-corrected chi connectivity index (χ0v) is 21.6. The molecule has 0 amide bonds. The van der Waals surface area contributed by atoms with Crippen LogP contribution in [0.1, 0.15) is 47.0 Å². The molecule has 196 valence electrons. The van der Waals surface area contributed by atoms with Gasteiger partial charge in [0.15, 0.2) is 0 Å². The molecule has 0 aromatic heterocycles. The quantitative estimate of drug-likeness (QED) is 0.0936. The first-order chi connectivity index (χ1) is 17.4. The van der Waals surface area contributed by atoms with Crippen molar-refractivity contribution in [1.29, 1.82) is 4.29 Å². The van der Waals surface area contributed by atoms with Gasteiger partial charge in [-0.25, -0.2) is 11.2 Å². The van der Waals surface area contributed by atoms with Crippen molar-refractivity contribution in [2.75, 3.05) is 72.6 Å². The van der Waals surface area contributed by atoms with E-state index in [1.807, 2.05) is 0 Å². The Morgan fingerprint density at radius 3 is 1.67 bits per heavy atom. The molecule has 0 saturated heterocycles. The summed E-state index contributed by atoms with van der Waals surface area (Å²) >= 11 is 0. The maximum absolute atomic E-state index is 7.11. The van der Waals surface area contributed by atoms with Crippen LogP contribution < -0.4 is 0 Å². The lowest BCUT2D eigenvalue weighted by atomic mass is 10.1. The largest absolute Gasteiger partial charge is 0.396 e. The van der Waals surface area contributed by atoms with E-state index in [9.17, 15) is 0 Å². The van der Waals surface area contributed by atoms with Gasteiger partial charge < -0.3 is 43.4 Å². The van der Waals surface area contributed by atoms with Crippen LogP contribution in [0.3, 0.4) is 0 Å². The Morgan fingerprint density at radius 1 is 0.848 bits per heavy atom. The summed E-state index contributed by atoms with van der Waals surface area (Å²) in [5, 5.41) is 13.1. The number of nitrogens with zero attached hydrogens (tertiary/aromatic N) is 2. The molecule has 0 spiro atoms. The molecule has 0 aliphatic heterocycles. The Kier molecular flexibility index (Phi) is 17.2. The smallest absolute Gasteiger partial charge is 0.260 e. The summed E-state index contributed by atoms with van der Waals surface area (Å²) in [7, 11) is -1.60. The lowest BCUT2D eigenvalue weighted by molar-refractivity contribution is -0.123. The van der Waals surface area contributed by atoms with Gasteiger partial charge in [0, 0.05) is 51.7 Å². The molecule has 0 bridgehead atoms. The molecule has 1 unspecified atom stereocenters. The van der Waals surface area contributed by atoms with Crippen LogP contribution in [0.25, 0.3) is 4.85 Å². The van der Waals surface area contributed by atoms with Gasteiger partial charge in [-0.2, -0.15) is 0 Å². The molecule has 0 aliphatic rings. The molecule has 0 aliphatic carbocycles. The predicted molar refractivity (Wildman–Crippen MR) is 128 cm³/mol. The van der Waals surface area contributed by atoms with Gasteiger partial charge >= 0.3 is 0 Å². The van der Waals surface area contributed by atoms with Crippen molar-refractivity contribution in [2.24, 2.45) is 0 Å². The van der Waals surface area contributed by atoms with Crippen molar-refractivity contribution >= 4 is 8.53 Å². The van der Waals surface area contributed by atoms with Crippen LogP contribution in [0.5, 0.6) is 0 Å². The summed E-state index contributed by atoms with van der Waals surface area (Å²) in [6.45, 7) is 18.1. The zero-order chi connectivity index (χ0) is 27.1. The van der Waals surface area contributed by atoms with Crippen LogP contribution >= 0.6 is 8.53 Å². The van der Waals surface area contributed by atoms with E-state index < -0.39 is 14.1 Å². The van der Waals surface area contributed by atoms with Crippen LogP contribution in [0.15, 0.2) is 0 Å². The molecule has 3 N–H and O–H groups in total. The summed E-state index contributed by atoms with van der Waals surface area (Å²) in [6, 6.07) is 0.226. The number of rotatable bonds is 26. The fourth-order valence-corrected chi connectivity index (χ4v) is 4.67. The van der Waals surface area contributed by atoms with E-state index in [-0.39, 0.29) is 64.9 Å². The fraction of sp³-hybridized carbons (Fsp3) is 0.955. The van der Waals surface area contributed by atoms with E-state index in [0.29, 0.717) is 39.1 Å². The molecule has 0 heterocycles. The summed E-state index contributed by atoms with van der Waals surface area (Å²) in [5.74, 6) is 0. The van der Waals surface area contributed by atoms with Crippen LogP contribution in [-0.2, 0) is 23.3 Å². The van der Waals surface area contributed by atoms with Crippen LogP contribution in [0.2, 0.25) is 0 Å². The van der Waals surface area contributed by atoms with E-state index in [1.54, 1.807) is 0 Å².